The second-order valence-corrected chi connectivity index (χ2v) is 3.26. The Morgan fingerprint density at radius 3 is 2.76 bits per heavy atom. The highest BCUT2D eigenvalue weighted by atomic mass is 16.4. The van der Waals surface area contributed by atoms with E-state index in [2.05, 4.69) is 15.3 Å². The van der Waals surface area contributed by atoms with Gasteiger partial charge in [0.25, 0.3) is 5.91 Å². The minimum atomic E-state index is -1.18. The molecule has 0 atom stereocenters. The van der Waals surface area contributed by atoms with Gasteiger partial charge in [0.15, 0.2) is 0 Å². The van der Waals surface area contributed by atoms with Crippen molar-refractivity contribution >= 4 is 28.9 Å². The molecule has 0 fully saturated rings. The number of fused-ring (bicyclic) bond motifs is 1. The molecule has 0 unspecified atom stereocenters. The highest BCUT2D eigenvalue weighted by molar-refractivity contribution is 6.02. The van der Waals surface area contributed by atoms with Crippen LogP contribution in [0.3, 0.4) is 0 Å². The Hall–Kier alpha value is -2.63. The first-order chi connectivity index (χ1) is 8.15. The van der Waals surface area contributed by atoms with Crippen LogP contribution in [0.5, 0.6) is 0 Å². The number of carbonyl (C=O) groups is 2. The number of H-pyrrole nitrogens is 1. The van der Waals surface area contributed by atoms with Gasteiger partial charge in [-0.05, 0) is 12.1 Å². The van der Waals surface area contributed by atoms with Gasteiger partial charge in [0.1, 0.15) is 0 Å². The highest BCUT2D eigenvalue weighted by Crippen LogP contribution is 2.12. The molecule has 1 aromatic heterocycles. The van der Waals surface area contributed by atoms with Crippen molar-refractivity contribution < 1.29 is 14.7 Å². The van der Waals surface area contributed by atoms with Gasteiger partial charge < -0.3 is 10.1 Å². The normalized spacial score (nSPS) is 10.8. The molecule has 1 heterocycles. The average Bonchev–Trinajstić information content (AvgIpc) is 2.68. The lowest BCUT2D eigenvalue weighted by Gasteiger charge is -1.94. The molecule has 0 radical (unpaired) electrons. The van der Waals surface area contributed by atoms with E-state index >= 15 is 0 Å². The summed E-state index contributed by atoms with van der Waals surface area (Å²) in [5.74, 6) is -1.44. The second-order valence-electron chi connectivity index (χ2n) is 3.26. The number of carbonyl (C=O) groups excluding carboxylic acids is 1. The van der Waals surface area contributed by atoms with E-state index in [1.807, 2.05) is 18.2 Å². The fraction of sp³-hybridized carbons (Fsp3) is 0. The number of aliphatic carboxylic acids is 1. The molecular formula is C11H9N3O3. The van der Waals surface area contributed by atoms with Gasteiger partial charge in [0.2, 0.25) is 5.95 Å². The van der Waals surface area contributed by atoms with Crippen LogP contribution in [-0.4, -0.2) is 27.0 Å². The summed E-state index contributed by atoms with van der Waals surface area (Å²) in [5, 5.41) is 10.8. The molecule has 0 bridgehead atoms. The number of hydrogen-bond donors (Lipinski definition) is 3. The summed E-state index contributed by atoms with van der Waals surface area (Å²) in [6, 6.07) is 7.30. The van der Waals surface area contributed by atoms with Crippen molar-refractivity contribution in [3.05, 3.63) is 36.4 Å². The first-order valence-corrected chi connectivity index (χ1v) is 4.82. The SMILES string of the molecule is O=C(O)C=CC(=O)Nc1nc2ccccc2[nH]1. The van der Waals surface area contributed by atoms with E-state index in [1.54, 1.807) is 6.07 Å². The van der Waals surface area contributed by atoms with Crippen molar-refractivity contribution in [1.82, 2.24) is 9.97 Å². The monoisotopic (exact) mass is 231 g/mol. The van der Waals surface area contributed by atoms with Gasteiger partial charge in [-0.2, -0.15) is 0 Å². The lowest BCUT2D eigenvalue weighted by molar-refractivity contribution is -0.131. The van der Waals surface area contributed by atoms with Crippen LogP contribution in [0.4, 0.5) is 5.95 Å². The van der Waals surface area contributed by atoms with Crippen molar-refractivity contribution in [3.63, 3.8) is 0 Å². The quantitative estimate of drug-likeness (QED) is 0.690. The van der Waals surface area contributed by atoms with Crippen LogP contribution in [0.2, 0.25) is 0 Å². The summed E-state index contributed by atoms with van der Waals surface area (Å²) in [7, 11) is 0. The zero-order valence-electron chi connectivity index (χ0n) is 8.68. The second kappa shape index (κ2) is 4.48. The fourth-order valence-corrected chi connectivity index (χ4v) is 1.32. The third kappa shape index (κ3) is 2.69. The number of anilines is 1. The Balaban J connectivity index is 2.13. The van der Waals surface area contributed by atoms with E-state index in [-0.39, 0.29) is 5.95 Å². The van der Waals surface area contributed by atoms with Crippen molar-refractivity contribution in [2.24, 2.45) is 0 Å². The maximum absolute atomic E-state index is 11.3. The third-order valence-corrected chi connectivity index (χ3v) is 2.01. The largest absolute Gasteiger partial charge is 0.478 e. The van der Waals surface area contributed by atoms with Crippen LogP contribution in [0, 0.1) is 0 Å². The molecular weight excluding hydrogens is 222 g/mol. The van der Waals surface area contributed by atoms with Gasteiger partial charge in [0.05, 0.1) is 11.0 Å². The standard InChI is InChI=1S/C11H9N3O3/c15-9(5-6-10(16)17)14-11-12-7-3-1-2-4-8(7)13-11/h1-6H,(H,16,17)(H2,12,13,14,15). The molecule has 0 aliphatic heterocycles. The zero-order valence-corrected chi connectivity index (χ0v) is 8.68. The third-order valence-electron chi connectivity index (χ3n) is 2.01. The number of hydrogen-bond acceptors (Lipinski definition) is 3. The molecule has 0 spiro atoms. The molecule has 2 rings (SSSR count). The first kappa shape index (κ1) is 10.9. The van der Waals surface area contributed by atoms with E-state index in [0.29, 0.717) is 0 Å². The van der Waals surface area contributed by atoms with E-state index in [1.165, 1.54) is 0 Å². The Labute approximate surface area is 96.0 Å². The molecule has 0 saturated carbocycles. The molecule has 0 aliphatic rings. The maximum Gasteiger partial charge on any atom is 0.328 e. The number of imidazole rings is 1. The molecule has 2 aromatic rings. The number of nitrogens with one attached hydrogen (secondary N) is 2. The van der Waals surface area contributed by atoms with Crippen LogP contribution in [-0.2, 0) is 9.59 Å². The van der Waals surface area contributed by atoms with Crippen LogP contribution >= 0.6 is 0 Å². The molecule has 1 amide bonds. The Bertz CT molecular complexity index is 568. The molecule has 17 heavy (non-hydrogen) atoms. The fourth-order valence-electron chi connectivity index (χ4n) is 1.32. The van der Waals surface area contributed by atoms with E-state index in [9.17, 15) is 9.59 Å². The Morgan fingerprint density at radius 1 is 1.29 bits per heavy atom. The number of carboxylic acid groups (broad SMARTS) is 1. The summed E-state index contributed by atoms with van der Waals surface area (Å²) in [6.07, 6.45) is 1.69. The zero-order chi connectivity index (χ0) is 12.3. The van der Waals surface area contributed by atoms with Gasteiger partial charge in [-0.1, -0.05) is 12.1 Å². The van der Waals surface area contributed by atoms with E-state index in [4.69, 9.17) is 5.11 Å². The van der Waals surface area contributed by atoms with Crippen molar-refractivity contribution in [2.75, 3.05) is 5.32 Å². The van der Waals surface area contributed by atoms with Gasteiger partial charge >= 0.3 is 5.97 Å². The van der Waals surface area contributed by atoms with Gasteiger partial charge in [0, 0.05) is 12.2 Å². The first-order valence-electron chi connectivity index (χ1n) is 4.82. The summed E-state index contributed by atoms with van der Waals surface area (Å²) in [4.78, 5) is 28.5. The number of aromatic nitrogens is 2. The molecule has 1 aromatic carbocycles. The minimum Gasteiger partial charge on any atom is -0.478 e. The Morgan fingerprint density at radius 2 is 2.06 bits per heavy atom. The van der Waals surface area contributed by atoms with Crippen LogP contribution in [0.15, 0.2) is 36.4 Å². The number of aromatic amines is 1. The molecule has 86 valence electrons. The summed E-state index contributed by atoms with van der Waals surface area (Å²) < 4.78 is 0. The minimum absolute atomic E-state index is 0.284. The number of carboxylic acids is 1. The molecule has 6 heteroatoms. The maximum atomic E-state index is 11.3. The van der Waals surface area contributed by atoms with Crippen molar-refractivity contribution in [1.29, 1.82) is 0 Å². The van der Waals surface area contributed by atoms with Crippen LogP contribution in [0.1, 0.15) is 0 Å². The molecule has 3 N–H and O–H groups in total. The van der Waals surface area contributed by atoms with Crippen molar-refractivity contribution in [3.8, 4) is 0 Å². The number of benzene rings is 1. The number of rotatable bonds is 3. The molecule has 0 aliphatic carbocycles. The summed E-state index contributed by atoms with van der Waals surface area (Å²) in [5.41, 5.74) is 1.52. The van der Waals surface area contributed by atoms with Gasteiger partial charge in [-0.3, -0.25) is 10.1 Å². The Kier molecular flexibility index (Phi) is 2.87. The summed E-state index contributed by atoms with van der Waals surface area (Å²) in [6.45, 7) is 0. The number of amides is 1. The molecule has 0 saturated heterocycles. The topological polar surface area (TPSA) is 95.1 Å². The predicted molar refractivity (Wildman–Crippen MR) is 61.5 cm³/mol. The van der Waals surface area contributed by atoms with Gasteiger partial charge in [-0.15, -0.1) is 0 Å². The predicted octanol–water partition coefficient (Wildman–Crippen LogP) is 1.14. The average molecular weight is 231 g/mol. The lowest BCUT2D eigenvalue weighted by Crippen LogP contribution is -2.09. The number of para-hydroxylation sites is 2. The summed E-state index contributed by atoms with van der Waals surface area (Å²) >= 11 is 0. The van der Waals surface area contributed by atoms with Crippen molar-refractivity contribution in [2.45, 2.75) is 0 Å². The van der Waals surface area contributed by atoms with Crippen LogP contribution in [0.25, 0.3) is 11.0 Å². The van der Waals surface area contributed by atoms with E-state index in [0.717, 1.165) is 23.2 Å². The van der Waals surface area contributed by atoms with Crippen LogP contribution < -0.4 is 5.32 Å². The van der Waals surface area contributed by atoms with E-state index < -0.39 is 11.9 Å². The lowest BCUT2D eigenvalue weighted by atomic mass is 10.3. The van der Waals surface area contributed by atoms with Gasteiger partial charge in [-0.25, -0.2) is 9.78 Å². The smallest absolute Gasteiger partial charge is 0.328 e. The number of nitrogens with zero attached hydrogens (tertiary/aromatic N) is 1. The molecule has 6 nitrogen and oxygen atoms in total. The highest BCUT2D eigenvalue weighted by Gasteiger charge is 2.04.